The number of hydrogen-bond acceptors (Lipinski definition) is 7. The van der Waals surface area contributed by atoms with Gasteiger partial charge in [0.1, 0.15) is 5.00 Å². The summed E-state index contributed by atoms with van der Waals surface area (Å²) in [5.41, 5.74) is 2.53. The number of benzene rings is 1. The van der Waals surface area contributed by atoms with Gasteiger partial charge in [0.15, 0.2) is 11.0 Å². The van der Waals surface area contributed by atoms with Crippen molar-refractivity contribution in [3.8, 4) is 11.4 Å². The van der Waals surface area contributed by atoms with Gasteiger partial charge >= 0.3 is 5.97 Å². The topological polar surface area (TPSA) is 86.1 Å². The van der Waals surface area contributed by atoms with Crippen molar-refractivity contribution in [1.29, 1.82) is 0 Å². The first kappa shape index (κ1) is 22.5. The van der Waals surface area contributed by atoms with E-state index in [1.807, 2.05) is 41.8 Å². The molecular weight excluding hydrogens is 444 g/mol. The molecule has 1 aliphatic carbocycles. The number of thioether (sulfide) groups is 1. The molecule has 2 aromatic heterocycles. The summed E-state index contributed by atoms with van der Waals surface area (Å²) in [5.74, 6) is 0.956. The predicted molar refractivity (Wildman–Crippen MR) is 127 cm³/mol. The van der Waals surface area contributed by atoms with E-state index in [9.17, 15) is 9.59 Å². The van der Waals surface area contributed by atoms with Gasteiger partial charge in [0, 0.05) is 17.0 Å². The summed E-state index contributed by atoms with van der Waals surface area (Å²) < 4.78 is 7.00. The zero-order chi connectivity index (χ0) is 22.7. The summed E-state index contributed by atoms with van der Waals surface area (Å²) in [6.45, 7) is 4.94. The number of aromatic nitrogens is 3. The van der Waals surface area contributed by atoms with Crippen molar-refractivity contribution in [2.75, 3.05) is 18.2 Å². The third-order valence-electron chi connectivity index (χ3n) is 5.55. The number of fused-ring (bicyclic) bond motifs is 1. The highest BCUT2D eigenvalue weighted by atomic mass is 32.2. The van der Waals surface area contributed by atoms with Gasteiger partial charge in [0.05, 0.1) is 18.4 Å². The van der Waals surface area contributed by atoms with Gasteiger partial charge in [-0.3, -0.25) is 4.79 Å². The Balaban J connectivity index is 1.48. The number of methoxy groups -OCH3 is 1. The smallest absolute Gasteiger partial charge is 0.341 e. The molecule has 4 rings (SSSR count). The van der Waals surface area contributed by atoms with E-state index in [-0.39, 0.29) is 11.7 Å². The van der Waals surface area contributed by atoms with Gasteiger partial charge < -0.3 is 14.6 Å². The Morgan fingerprint density at radius 3 is 2.78 bits per heavy atom. The maximum Gasteiger partial charge on any atom is 0.341 e. The molecule has 0 saturated heterocycles. The van der Waals surface area contributed by atoms with E-state index >= 15 is 0 Å². The van der Waals surface area contributed by atoms with Gasteiger partial charge in [0.25, 0.3) is 0 Å². The molecule has 32 heavy (non-hydrogen) atoms. The number of ether oxygens (including phenoxy) is 1. The predicted octanol–water partition coefficient (Wildman–Crippen LogP) is 4.67. The molecule has 1 unspecified atom stereocenters. The van der Waals surface area contributed by atoms with E-state index in [0.717, 1.165) is 36.2 Å². The molecule has 2 heterocycles. The number of esters is 1. The number of hydrogen-bond donors (Lipinski definition) is 1. The number of rotatable bonds is 7. The van der Waals surface area contributed by atoms with Crippen molar-refractivity contribution >= 4 is 40.0 Å². The molecule has 0 bridgehead atoms. The maximum absolute atomic E-state index is 12.8. The molecule has 0 spiro atoms. The highest BCUT2D eigenvalue weighted by Gasteiger charge is 2.29. The van der Waals surface area contributed by atoms with Crippen LogP contribution < -0.4 is 5.32 Å². The van der Waals surface area contributed by atoms with E-state index in [4.69, 9.17) is 4.74 Å². The monoisotopic (exact) mass is 470 g/mol. The van der Waals surface area contributed by atoms with E-state index in [1.54, 1.807) is 0 Å². The van der Waals surface area contributed by atoms with Crippen molar-refractivity contribution in [2.24, 2.45) is 5.92 Å². The molecule has 0 fully saturated rings. The van der Waals surface area contributed by atoms with Crippen molar-refractivity contribution in [1.82, 2.24) is 14.8 Å². The minimum atomic E-state index is -0.391. The van der Waals surface area contributed by atoms with E-state index < -0.39 is 5.97 Å². The Kier molecular flexibility index (Phi) is 6.95. The molecule has 1 atom stereocenters. The summed E-state index contributed by atoms with van der Waals surface area (Å²) >= 11 is 2.83. The van der Waals surface area contributed by atoms with Crippen LogP contribution in [0.3, 0.4) is 0 Å². The van der Waals surface area contributed by atoms with Gasteiger partial charge in [-0.15, -0.1) is 21.5 Å². The molecule has 0 radical (unpaired) electrons. The van der Waals surface area contributed by atoms with Crippen LogP contribution in [-0.4, -0.2) is 39.5 Å². The fourth-order valence-corrected chi connectivity index (χ4v) is 6.15. The van der Waals surface area contributed by atoms with Crippen molar-refractivity contribution in [3.05, 3.63) is 46.3 Å². The average molecular weight is 471 g/mol. The SMILES string of the molecule is CCn1c(SCC(=O)Nc2sc3c(c2C(=O)OC)CCC(C)C3)nnc1-c1ccccc1. The van der Waals surface area contributed by atoms with E-state index in [0.29, 0.717) is 28.2 Å². The summed E-state index contributed by atoms with van der Waals surface area (Å²) in [7, 11) is 1.38. The quantitative estimate of drug-likeness (QED) is 0.399. The van der Waals surface area contributed by atoms with Crippen LogP contribution >= 0.6 is 23.1 Å². The Hall–Kier alpha value is -2.65. The molecule has 1 amide bonds. The highest BCUT2D eigenvalue weighted by molar-refractivity contribution is 7.99. The second-order valence-corrected chi connectivity index (χ2v) is 9.85. The van der Waals surface area contributed by atoms with E-state index in [1.165, 1.54) is 35.1 Å². The van der Waals surface area contributed by atoms with Gasteiger partial charge in [-0.2, -0.15) is 0 Å². The molecule has 3 aromatic rings. The summed E-state index contributed by atoms with van der Waals surface area (Å²) in [6.07, 6.45) is 2.80. The lowest BCUT2D eigenvalue weighted by molar-refractivity contribution is -0.113. The molecule has 0 aliphatic heterocycles. The fraction of sp³-hybridized carbons (Fsp3) is 0.391. The second kappa shape index (κ2) is 9.87. The van der Waals surface area contributed by atoms with Crippen molar-refractivity contribution < 1.29 is 14.3 Å². The summed E-state index contributed by atoms with van der Waals surface area (Å²) in [4.78, 5) is 26.4. The van der Waals surface area contributed by atoms with Crippen molar-refractivity contribution in [3.63, 3.8) is 0 Å². The van der Waals surface area contributed by atoms with Crippen LogP contribution in [-0.2, 0) is 28.9 Å². The van der Waals surface area contributed by atoms with Crippen molar-refractivity contribution in [2.45, 2.75) is 44.8 Å². The molecule has 1 aromatic carbocycles. The first-order chi connectivity index (χ1) is 15.5. The average Bonchev–Trinajstić information content (AvgIpc) is 3.37. The van der Waals surface area contributed by atoms with Crippen LogP contribution in [0.5, 0.6) is 0 Å². The molecule has 7 nitrogen and oxygen atoms in total. The Labute approximate surface area is 195 Å². The van der Waals surface area contributed by atoms with Crippen LogP contribution in [0, 0.1) is 5.92 Å². The summed E-state index contributed by atoms with van der Waals surface area (Å²) in [5, 5.41) is 12.8. The number of amides is 1. The molecular formula is C23H26N4O3S2. The second-order valence-electron chi connectivity index (χ2n) is 7.80. The van der Waals surface area contributed by atoms with Crippen LogP contribution in [0.15, 0.2) is 35.5 Å². The third kappa shape index (κ3) is 4.59. The Morgan fingerprint density at radius 2 is 2.06 bits per heavy atom. The largest absolute Gasteiger partial charge is 0.465 e. The minimum Gasteiger partial charge on any atom is -0.465 e. The molecule has 1 aliphatic rings. The molecule has 1 N–H and O–H groups in total. The highest BCUT2D eigenvalue weighted by Crippen LogP contribution is 2.40. The summed E-state index contributed by atoms with van der Waals surface area (Å²) in [6, 6.07) is 9.87. The Bertz CT molecular complexity index is 1120. The number of nitrogens with one attached hydrogen (secondary N) is 1. The molecule has 9 heteroatoms. The number of carbonyl (C=O) groups excluding carboxylic acids is 2. The van der Waals surface area contributed by atoms with Crippen LogP contribution in [0.4, 0.5) is 5.00 Å². The first-order valence-corrected chi connectivity index (χ1v) is 12.5. The zero-order valence-corrected chi connectivity index (χ0v) is 20.0. The lowest BCUT2D eigenvalue weighted by Crippen LogP contribution is -2.17. The number of anilines is 1. The normalized spacial score (nSPS) is 15.3. The standard InChI is InChI=1S/C23H26N4O3S2/c1-4-27-20(15-8-6-5-7-9-15)25-26-23(27)31-13-18(28)24-21-19(22(29)30-3)16-11-10-14(2)12-17(16)32-21/h5-9,14H,4,10-13H2,1-3H3,(H,24,28). The lowest BCUT2D eigenvalue weighted by atomic mass is 9.88. The van der Waals surface area contributed by atoms with Gasteiger partial charge in [-0.05, 0) is 37.7 Å². The van der Waals surface area contributed by atoms with Gasteiger partial charge in [0.2, 0.25) is 5.91 Å². The van der Waals surface area contributed by atoms with Gasteiger partial charge in [-0.25, -0.2) is 4.79 Å². The zero-order valence-electron chi connectivity index (χ0n) is 18.4. The molecule has 168 valence electrons. The third-order valence-corrected chi connectivity index (χ3v) is 7.69. The van der Waals surface area contributed by atoms with Crippen LogP contribution in [0.1, 0.15) is 41.1 Å². The maximum atomic E-state index is 12.8. The fourth-order valence-electron chi connectivity index (χ4n) is 3.93. The number of nitrogens with zero attached hydrogens (tertiary/aromatic N) is 3. The Morgan fingerprint density at radius 1 is 1.28 bits per heavy atom. The number of carbonyl (C=O) groups is 2. The minimum absolute atomic E-state index is 0.173. The van der Waals surface area contributed by atoms with Crippen LogP contribution in [0.2, 0.25) is 0 Å². The molecule has 0 saturated carbocycles. The first-order valence-electron chi connectivity index (χ1n) is 10.7. The number of thiophene rings is 1. The van der Waals surface area contributed by atoms with Gasteiger partial charge in [-0.1, -0.05) is 49.0 Å². The lowest BCUT2D eigenvalue weighted by Gasteiger charge is -2.18. The van der Waals surface area contributed by atoms with Crippen LogP contribution in [0.25, 0.3) is 11.4 Å². The van der Waals surface area contributed by atoms with E-state index in [2.05, 4.69) is 22.4 Å².